The molecule has 1 fully saturated rings. The van der Waals surface area contributed by atoms with E-state index >= 15 is 0 Å². The van der Waals surface area contributed by atoms with Gasteiger partial charge >= 0.3 is 0 Å². The Bertz CT molecular complexity index is 475. The standard InChI is InChI=1S/C15H22N4O/c1-17-12-13-2-3-15(14(10-13)11-16)19-6-4-18(5-7-19)8-9-20/h2-3,10,17,20H,4-9,12H2,1H3. The Hall–Kier alpha value is -1.61. The van der Waals surface area contributed by atoms with Crippen LogP contribution in [0.3, 0.4) is 0 Å². The summed E-state index contributed by atoms with van der Waals surface area (Å²) in [5.74, 6) is 0. The van der Waals surface area contributed by atoms with Crippen LogP contribution in [0, 0.1) is 11.3 Å². The van der Waals surface area contributed by atoms with Gasteiger partial charge in [-0.3, -0.25) is 4.90 Å². The molecule has 0 atom stereocenters. The topological polar surface area (TPSA) is 62.5 Å². The number of β-amino-alcohol motifs (C(OH)–C–C–N with tert-alkyl or cyclic N) is 1. The summed E-state index contributed by atoms with van der Waals surface area (Å²) in [6.07, 6.45) is 0. The van der Waals surface area contributed by atoms with Crippen LogP contribution in [0.2, 0.25) is 0 Å². The Balaban J connectivity index is 2.08. The number of hydrogen-bond donors (Lipinski definition) is 2. The first-order valence-electron chi connectivity index (χ1n) is 7.04. The van der Waals surface area contributed by atoms with Gasteiger partial charge in [-0.25, -0.2) is 0 Å². The number of rotatable bonds is 5. The highest BCUT2D eigenvalue weighted by molar-refractivity contribution is 5.60. The van der Waals surface area contributed by atoms with Gasteiger partial charge in [0.1, 0.15) is 6.07 Å². The average Bonchev–Trinajstić information content (AvgIpc) is 2.49. The van der Waals surface area contributed by atoms with E-state index in [0.717, 1.165) is 56.1 Å². The summed E-state index contributed by atoms with van der Waals surface area (Å²) in [5.41, 5.74) is 2.90. The number of benzene rings is 1. The number of nitrogens with zero attached hydrogens (tertiary/aromatic N) is 3. The van der Waals surface area contributed by atoms with E-state index in [-0.39, 0.29) is 6.61 Å². The van der Waals surface area contributed by atoms with Gasteiger partial charge in [-0.05, 0) is 24.7 Å². The van der Waals surface area contributed by atoms with E-state index in [0.29, 0.717) is 0 Å². The third-order valence-corrected chi connectivity index (χ3v) is 3.69. The van der Waals surface area contributed by atoms with E-state index in [2.05, 4.69) is 27.3 Å². The highest BCUT2D eigenvalue weighted by Gasteiger charge is 2.18. The van der Waals surface area contributed by atoms with Crippen LogP contribution >= 0.6 is 0 Å². The smallest absolute Gasteiger partial charge is 0.101 e. The molecule has 5 nitrogen and oxygen atoms in total. The van der Waals surface area contributed by atoms with Crippen molar-refractivity contribution >= 4 is 5.69 Å². The van der Waals surface area contributed by atoms with Crippen molar-refractivity contribution in [1.29, 1.82) is 5.26 Å². The largest absolute Gasteiger partial charge is 0.395 e. The summed E-state index contributed by atoms with van der Waals surface area (Å²) in [5, 5.41) is 21.4. The van der Waals surface area contributed by atoms with Gasteiger partial charge in [0, 0.05) is 39.3 Å². The van der Waals surface area contributed by atoms with Crippen molar-refractivity contribution < 1.29 is 5.11 Å². The lowest BCUT2D eigenvalue weighted by Crippen LogP contribution is -2.47. The van der Waals surface area contributed by atoms with Crippen molar-refractivity contribution in [2.75, 3.05) is 51.3 Å². The van der Waals surface area contributed by atoms with Gasteiger partial charge < -0.3 is 15.3 Å². The first-order chi connectivity index (χ1) is 9.78. The maximum absolute atomic E-state index is 9.34. The molecule has 5 heteroatoms. The molecule has 0 aliphatic carbocycles. The van der Waals surface area contributed by atoms with Crippen molar-refractivity contribution in [1.82, 2.24) is 10.2 Å². The predicted molar refractivity (Wildman–Crippen MR) is 79.7 cm³/mol. The number of nitriles is 1. The monoisotopic (exact) mass is 274 g/mol. The Morgan fingerprint density at radius 1 is 1.30 bits per heavy atom. The zero-order chi connectivity index (χ0) is 14.4. The Labute approximate surface area is 120 Å². The molecule has 0 radical (unpaired) electrons. The maximum atomic E-state index is 9.34. The van der Waals surface area contributed by atoms with E-state index in [9.17, 15) is 5.26 Å². The van der Waals surface area contributed by atoms with Gasteiger partial charge in [0.15, 0.2) is 0 Å². The highest BCUT2D eigenvalue weighted by Crippen LogP contribution is 2.22. The Morgan fingerprint density at radius 2 is 2.05 bits per heavy atom. The molecule has 0 amide bonds. The molecule has 1 aromatic carbocycles. The summed E-state index contributed by atoms with van der Waals surface area (Å²) >= 11 is 0. The third-order valence-electron chi connectivity index (χ3n) is 3.69. The fourth-order valence-electron chi connectivity index (χ4n) is 2.62. The lowest BCUT2D eigenvalue weighted by atomic mass is 10.1. The quantitative estimate of drug-likeness (QED) is 0.813. The molecule has 1 heterocycles. The SMILES string of the molecule is CNCc1ccc(N2CCN(CCO)CC2)c(C#N)c1. The van der Waals surface area contributed by atoms with Gasteiger partial charge in [0.05, 0.1) is 17.9 Å². The number of nitrogens with one attached hydrogen (secondary N) is 1. The minimum absolute atomic E-state index is 0.210. The van der Waals surface area contributed by atoms with Crippen LogP contribution in [-0.4, -0.2) is 56.4 Å². The van der Waals surface area contributed by atoms with Crippen LogP contribution in [0.5, 0.6) is 0 Å². The second-order valence-electron chi connectivity index (χ2n) is 5.05. The molecular formula is C15H22N4O. The molecule has 0 unspecified atom stereocenters. The van der Waals surface area contributed by atoms with Crippen LogP contribution < -0.4 is 10.2 Å². The first kappa shape index (κ1) is 14.8. The molecule has 0 saturated carbocycles. The highest BCUT2D eigenvalue weighted by atomic mass is 16.3. The van der Waals surface area contributed by atoms with Gasteiger partial charge in [-0.2, -0.15) is 5.26 Å². The minimum atomic E-state index is 0.210. The van der Waals surface area contributed by atoms with Crippen LogP contribution in [0.4, 0.5) is 5.69 Å². The van der Waals surface area contributed by atoms with Crippen molar-refractivity contribution in [3.8, 4) is 6.07 Å². The van der Waals surface area contributed by atoms with Crippen molar-refractivity contribution in [2.45, 2.75) is 6.54 Å². The van der Waals surface area contributed by atoms with Gasteiger partial charge in [-0.1, -0.05) is 6.07 Å². The summed E-state index contributed by atoms with van der Waals surface area (Å²) in [6, 6.07) is 8.39. The van der Waals surface area contributed by atoms with Gasteiger partial charge in [0.25, 0.3) is 0 Å². The molecule has 0 spiro atoms. The fraction of sp³-hybridized carbons (Fsp3) is 0.533. The zero-order valence-electron chi connectivity index (χ0n) is 12.0. The molecule has 20 heavy (non-hydrogen) atoms. The minimum Gasteiger partial charge on any atom is -0.395 e. The molecule has 0 bridgehead atoms. The van der Waals surface area contributed by atoms with Crippen LogP contribution in [0.1, 0.15) is 11.1 Å². The molecule has 0 aromatic heterocycles. The van der Waals surface area contributed by atoms with Crippen LogP contribution in [-0.2, 0) is 6.54 Å². The van der Waals surface area contributed by atoms with Crippen molar-refractivity contribution in [2.24, 2.45) is 0 Å². The van der Waals surface area contributed by atoms with E-state index in [4.69, 9.17) is 5.11 Å². The van der Waals surface area contributed by atoms with E-state index < -0.39 is 0 Å². The average molecular weight is 274 g/mol. The number of piperazine rings is 1. The summed E-state index contributed by atoms with van der Waals surface area (Å²) in [6.45, 7) is 5.40. The molecule has 2 N–H and O–H groups in total. The third kappa shape index (κ3) is 3.48. The lowest BCUT2D eigenvalue weighted by Gasteiger charge is -2.36. The first-order valence-corrected chi connectivity index (χ1v) is 7.04. The molecule has 1 aliphatic rings. The van der Waals surface area contributed by atoms with Gasteiger partial charge in [-0.15, -0.1) is 0 Å². The summed E-state index contributed by atoms with van der Waals surface area (Å²) in [7, 11) is 1.90. The number of aliphatic hydroxyl groups is 1. The Morgan fingerprint density at radius 3 is 2.65 bits per heavy atom. The molecular weight excluding hydrogens is 252 g/mol. The molecule has 108 valence electrons. The molecule has 1 aromatic rings. The second-order valence-corrected chi connectivity index (χ2v) is 5.05. The van der Waals surface area contributed by atoms with Crippen molar-refractivity contribution in [3.63, 3.8) is 0 Å². The van der Waals surface area contributed by atoms with E-state index in [1.165, 1.54) is 0 Å². The normalized spacial score (nSPS) is 16.1. The summed E-state index contributed by atoms with van der Waals surface area (Å²) in [4.78, 5) is 4.51. The van der Waals surface area contributed by atoms with Crippen LogP contribution in [0.15, 0.2) is 18.2 Å². The molecule has 1 aliphatic heterocycles. The molecule has 1 saturated heterocycles. The predicted octanol–water partition coefficient (Wildman–Crippen LogP) is 0.392. The summed E-state index contributed by atoms with van der Waals surface area (Å²) < 4.78 is 0. The lowest BCUT2D eigenvalue weighted by molar-refractivity contribution is 0.189. The van der Waals surface area contributed by atoms with E-state index in [1.54, 1.807) is 0 Å². The Kier molecular flexibility index (Phi) is 5.36. The van der Waals surface area contributed by atoms with Crippen molar-refractivity contribution in [3.05, 3.63) is 29.3 Å². The number of aliphatic hydroxyl groups excluding tert-OH is 1. The molecule has 2 rings (SSSR count). The second kappa shape index (κ2) is 7.25. The zero-order valence-corrected chi connectivity index (χ0v) is 12.0. The number of anilines is 1. The maximum Gasteiger partial charge on any atom is 0.101 e. The van der Waals surface area contributed by atoms with Crippen LogP contribution in [0.25, 0.3) is 0 Å². The van der Waals surface area contributed by atoms with Gasteiger partial charge in [0.2, 0.25) is 0 Å². The number of hydrogen-bond acceptors (Lipinski definition) is 5. The fourth-order valence-corrected chi connectivity index (χ4v) is 2.62. The van der Waals surface area contributed by atoms with E-state index in [1.807, 2.05) is 19.2 Å².